The summed E-state index contributed by atoms with van der Waals surface area (Å²) in [7, 11) is 1.61. The maximum atomic E-state index is 12.1. The van der Waals surface area contributed by atoms with Gasteiger partial charge in [0.15, 0.2) is 0 Å². The van der Waals surface area contributed by atoms with Crippen LogP contribution in [0.5, 0.6) is 5.75 Å². The van der Waals surface area contributed by atoms with Crippen LogP contribution in [0.25, 0.3) is 0 Å². The molecule has 0 aliphatic rings. The zero-order valence-electron chi connectivity index (χ0n) is 13.5. The van der Waals surface area contributed by atoms with E-state index in [2.05, 4.69) is 5.32 Å². The van der Waals surface area contributed by atoms with Gasteiger partial charge in [-0.3, -0.25) is 9.59 Å². The molecule has 22 heavy (non-hydrogen) atoms. The summed E-state index contributed by atoms with van der Waals surface area (Å²) in [6.45, 7) is 5.64. The Bertz CT molecular complexity index is 517. The predicted octanol–water partition coefficient (Wildman–Crippen LogP) is 2.19. The van der Waals surface area contributed by atoms with Crippen molar-refractivity contribution in [2.75, 3.05) is 12.9 Å². The maximum Gasteiger partial charge on any atom is 0.242 e. The maximum absolute atomic E-state index is 12.1. The van der Waals surface area contributed by atoms with E-state index in [1.54, 1.807) is 14.0 Å². The molecule has 1 rings (SSSR count). The quantitative estimate of drug-likeness (QED) is 0.718. The minimum atomic E-state index is -1.01. The highest BCUT2D eigenvalue weighted by Crippen LogP contribution is 2.22. The fourth-order valence-electron chi connectivity index (χ4n) is 2.19. The number of nitrogens with two attached hydrogens (primary N) is 1. The average Bonchev–Trinajstić information content (AvgIpc) is 2.44. The van der Waals surface area contributed by atoms with E-state index < -0.39 is 11.4 Å². The summed E-state index contributed by atoms with van der Waals surface area (Å²) < 4.78 is 5.08. The predicted molar refractivity (Wildman–Crippen MR) is 88.9 cm³/mol. The second-order valence-electron chi connectivity index (χ2n) is 5.81. The summed E-state index contributed by atoms with van der Waals surface area (Å²) in [5.41, 5.74) is 4.42. The zero-order chi connectivity index (χ0) is 16.8. The lowest BCUT2D eigenvalue weighted by Gasteiger charge is -2.29. The summed E-state index contributed by atoms with van der Waals surface area (Å²) in [4.78, 5) is 24.7. The molecule has 3 N–H and O–H groups in total. The van der Waals surface area contributed by atoms with Crippen LogP contribution in [0.15, 0.2) is 29.2 Å². The molecule has 1 atom stereocenters. The summed E-state index contributed by atoms with van der Waals surface area (Å²) in [5, 5.41) is 2.76. The van der Waals surface area contributed by atoms with Gasteiger partial charge in [0.05, 0.1) is 12.9 Å². The van der Waals surface area contributed by atoms with Gasteiger partial charge in [-0.1, -0.05) is 13.8 Å². The SMILES string of the molecule is COc1ccc(SCC(=O)NC(C)(CC(C)C)C(N)=O)cc1. The Morgan fingerprint density at radius 2 is 1.91 bits per heavy atom. The number of carbonyl (C=O) groups excluding carboxylic acids is 2. The fourth-order valence-corrected chi connectivity index (χ4v) is 2.89. The van der Waals surface area contributed by atoms with Crippen LogP contribution in [0.4, 0.5) is 0 Å². The molecule has 0 saturated carbocycles. The van der Waals surface area contributed by atoms with E-state index in [9.17, 15) is 9.59 Å². The molecule has 5 nitrogen and oxygen atoms in total. The third-order valence-electron chi connectivity index (χ3n) is 3.20. The molecule has 0 bridgehead atoms. The van der Waals surface area contributed by atoms with E-state index in [0.29, 0.717) is 6.42 Å². The number of nitrogens with one attached hydrogen (secondary N) is 1. The van der Waals surface area contributed by atoms with Gasteiger partial charge in [0.1, 0.15) is 11.3 Å². The molecular formula is C16H24N2O3S. The van der Waals surface area contributed by atoms with Crippen LogP contribution in [0.2, 0.25) is 0 Å². The largest absolute Gasteiger partial charge is 0.497 e. The average molecular weight is 324 g/mol. The molecule has 1 unspecified atom stereocenters. The highest BCUT2D eigenvalue weighted by molar-refractivity contribution is 8.00. The van der Waals surface area contributed by atoms with Crippen LogP contribution >= 0.6 is 11.8 Å². The number of benzene rings is 1. The van der Waals surface area contributed by atoms with Gasteiger partial charge in [0, 0.05) is 4.90 Å². The standard InChI is InChI=1S/C16H24N2O3S/c1-11(2)9-16(3,15(17)20)18-14(19)10-22-13-7-5-12(21-4)6-8-13/h5-8,11H,9-10H2,1-4H3,(H2,17,20)(H,18,19). The fraction of sp³-hybridized carbons (Fsp3) is 0.500. The van der Waals surface area contributed by atoms with Crippen LogP contribution in [-0.4, -0.2) is 30.2 Å². The zero-order valence-corrected chi connectivity index (χ0v) is 14.3. The third kappa shape index (κ3) is 5.60. The van der Waals surface area contributed by atoms with E-state index >= 15 is 0 Å². The molecular weight excluding hydrogens is 300 g/mol. The Morgan fingerprint density at radius 3 is 2.36 bits per heavy atom. The Labute approximate surface area is 136 Å². The molecule has 2 amide bonds. The molecule has 0 aromatic heterocycles. The first kappa shape index (κ1) is 18.4. The molecule has 122 valence electrons. The number of ether oxygens (including phenoxy) is 1. The van der Waals surface area contributed by atoms with Crippen molar-refractivity contribution in [3.63, 3.8) is 0 Å². The lowest BCUT2D eigenvalue weighted by Crippen LogP contribution is -2.56. The van der Waals surface area contributed by atoms with Gasteiger partial charge in [-0.25, -0.2) is 0 Å². The smallest absolute Gasteiger partial charge is 0.242 e. The van der Waals surface area contributed by atoms with E-state index in [4.69, 9.17) is 10.5 Å². The normalized spacial score (nSPS) is 13.5. The van der Waals surface area contributed by atoms with Gasteiger partial charge in [-0.2, -0.15) is 0 Å². The summed E-state index contributed by atoms with van der Waals surface area (Å²) in [6, 6.07) is 7.45. The molecule has 6 heteroatoms. The van der Waals surface area contributed by atoms with Gasteiger partial charge < -0.3 is 15.8 Å². The van der Waals surface area contributed by atoms with E-state index in [1.807, 2.05) is 38.1 Å². The Kier molecular flexibility index (Phi) is 6.74. The number of primary amides is 1. The lowest BCUT2D eigenvalue weighted by atomic mass is 9.90. The van der Waals surface area contributed by atoms with Crippen molar-refractivity contribution in [1.82, 2.24) is 5.32 Å². The number of thioether (sulfide) groups is 1. The number of hydrogen-bond donors (Lipinski definition) is 2. The Morgan fingerprint density at radius 1 is 1.32 bits per heavy atom. The molecule has 0 aliphatic carbocycles. The van der Waals surface area contributed by atoms with Crippen molar-refractivity contribution in [2.45, 2.75) is 37.6 Å². The molecule has 0 radical (unpaired) electrons. The van der Waals surface area contributed by atoms with Crippen LogP contribution < -0.4 is 15.8 Å². The summed E-state index contributed by atoms with van der Waals surface area (Å²) in [5.74, 6) is 0.540. The van der Waals surface area contributed by atoms with Crippen LogP contribution in [0, 0.1) is 5.92 Å². The molecule has 0 saturated heterocycles. The van der Waals surface area contributed by atoms with Crippen molar-refractivity contribution in [3.8, 4) is 5.75 Å². The van der Waals surface area contributed by atoms with Gasteiger partial charge in [-0.05, 0) is 43.5 Å². The molecule has 1 aromatic carbocycles. The first-order valence-electron chi connectivity index (χ1n) is 7.14. The number of hydrogen-bond acceptors (Lipinski definition) is 4. The number of methoxy groups -OCH3 is 1. The molecule has 0 spiro atoms. The molecule has 1 aromatic rings. The second-order valence-corrected chi connectivity index (χ2v) is 6.86. The van der Waals surface area contributed by atoms with Gasteiger partial charge >= 0.3 is 0 Å². The molecule has 0 aliphatic heterocycles. The minimum absolute atomic E-state index is 0.206. The monoisotopic (exact) mass is 324 g/mol. The highest BCUT2D eigenvalue weighted by Gasteiger charge is 2.33. The summed E-state index contributed by atoms with van der Waals surface area (Å²) in [6.07, 6.45) is 0.515. The first-order chi connectivity index (χ1) is 10.3. The van der Waals surface area contributed by atoms with Crippen LogP contribution in [0.1, 0.15) is 27.2 Å². The van der Waals surface area contributed by atoms with Gasteiger partial charge in [0.25, 0.3) is 0 Å². The second kappa shape index (κ2) is 8.08. The van der Waals surface area contributed by atoms with Gasteiger partial charge in [-0.15, -0.1) is 11.8 Å². The van der Waals surface area contributed by atoms with Crippen LogP contribution in [0.3, 0.4) is 0 Å². The van der Waals surface area contributed by atoms with Crippen molar-refractivity contribution in [2.24, 2.45) is 11.7 Å². The Balaban J connectivity index is 2.58. The minimum Gasteiger partial charge on any atom is -0.497 e. The number of amides is 2. The molecule has 0 fully saturated rings. The highest BCUT2D eigenvalue weighted by atomic mass is 32.2. The topological polar surface area (TPSA) is 81.4 Å². The van der Waals surface area contributed by atoms with E-state index in [-0.39, 0.29) is 17.6 Å². The third-order valence-corrected chi connectivity index (χ3v) is 4.22. The first-order valence-corrected chi connectivity index (χ1v) is 8.13. The number of carbonyl (C=O) groups is 2. The summed E-state index contributed by atoms with van der Waals surface area (Å²) >= 11 is 1.40. The van der Waals surface area contributed by atoms with E-state index in [0.717, 1.165) is 10.6 Å². The van der Waals surface area contributed by atoms with Crippen molar-refractivity contribution in [1.29, 1.82) is 0 Å². The van der Waals surface area contributed by atoms with Gasteiger partial charge in [0.2, 0.25) is 11.8 Å². The van der Waals surface area contributed by atoms with E-state index in [1.165, 1.54) is 11.8 Å². The van der Waals surface area contributed by atoms with Crippen molar-refractivity contribution < 1.29 is 14.3 Å². The Hall–Kier alpha value is -1.69. The lowest BCUT2D eigenvalue weighted by molar-refractivity contribution is -0.130. The van der Waals surface area contributed by atoms with Crippen LogP contribution in [-0.2, 0) is 9.59 Å². The number of rotatable bonds is 8. The van der Waals surface area contributed by atoms with Crippen molar-refractivity contribution in [3.05, 3.63) is 24.3 Å². The van der Waals surface area contributed by atoms with Crippen molar-refractivity contribution >= 4 is 23.6 Å². The molecule has 0 heterocycles.